The smallest absolute Gasteiger partial charge is 0.228 e. The topological polar surface area (TPSA) is 85.3 Å². The molecule has 9 heteroatoms. The van der Waals surface area contributed by atoms with E-state index in [1.54, 1.807) is 10.7 Å². The van der Waals surface area contributed by atoms with Crippen molar-refractivity contribution in [3.63, 3.8) is 0 Å². The highest BCUT2D eigenvalue weighted by molar-refractivity contribution is 5.99. The van der Waals surface area contributed by atoms with Gasteiger partial charge < -0.3 is 15.4 Å². The van der Waals surface area contributed by atoms with Gasteiger partial charge in [0.2, 0.25) is 5.95 Å². The SMILES string of the molecule is Nc1c2c(-c3cccc(F)c3)nc(N3CCN(CCOc4ccccc4)CC3)nc2nn1Cc1ccccc1. The van der Waals surface area contributed by atoms with Gasteiger partial charge in [0.15, 0.2) is 5.65 Å². The maximum absolute atomic E-state index is 14.2. The fraction of sp³-hybridized carbons (Fsp3) is 0.233. The standard InChI is InChI=1S/C30H30FN7O/c31-24-11-7-10-23(20-24)27-26-28(32)38(21-22-8-3-1-4-9-22)35-29(26)34-30(33-27)37-16-14-36(15-17-37)18-19-39-25-12-5-2-6-13-25/h1-13,20H,14-19,21,32H2. The van der Waals surface area contributed by atoms with Crippen LogP contribution in [0.5, 0.6) is 5.75 Å². The number of ether oxygens (including phenoxy) is 1. The molecule has 39 heavy (non-hydrogen) atoms. The first kappa shape index (κ1) is 24.8. The van der Waals surface area contributed by atoms with E-state index in [2.05, 4.69) is 9.80 Å². The quantitative estimate of drug-likeness (QED) is 0.321. The summed E-state index contributed by atoms with van der Waals surface area (Å²) >= 11 is 0. The summed E-state index contributed by atoms with van der Waals surface area (Å²) in [4.78, 5) is 14.3. The molecule has 0 unspecified atom stereocenters. The van der Waals surface area contributed by atoms with Gasteiger partial charge in [0.25, 0.3) is 0 Å². The summed E-state index contributed by atoms with van der Waals surface area (Å²) in [5.41, 5.74) is 9.41. The summed E-state index contributed by atoms with van der Waals surface area (Å²) in [6.45, 7) is 5.23. The first-order valence-electron chi connectivity index (χ1n) is 13.1. The number of nitrogen functional groups attached to an aromatic ring is 1. The van der Waals surface area contributed by atoms with Crippen molar-refractivity contribution in [3.8, 4) is 17.0 Å². The molecule has 0 spiro atoms. The summed E-state index contributed by atoms with van der Waals surface area (Å²) in [7, 11) is 0. The van der Waals surface area contributed by atoms with Crippen LogP contribution < -0.4 is 15.4 Å². The van der Waals surface area contributed by atoms with Crippen LogP contribution >= 0.6 is 0 Å². The second kappa shape index (κ2) is 11.1. The summed E-state index contributed by atoms with van der Waals surface area (Å²) in [5.74, 6) is 1.59. The highest BCUT2D eigenvalue weighted by atomic mass is 19.1. The molecule has 8 nitrogen and oxygen atoms in total. The molecule has 3 aromatic carbocycles. The fourth-order valence-corrected chi connectivity index (χ4v) is 4.89. The number of hydrogen-bond acceptors (Lipinski definition) is 7. The van der Waals surface area contributed by atoms with Gasteiger partial charge in [0, 0.05) is 38.3 Å². The van der Waals surface area contributed by atoms with Crippen molar-refractivity contribution >= 4 is 22.8 Å². The van der Waals surface area contributed by atoms with E-state index >= 15 is 0 Å². The zero-order valence-corrected chi connectivity index (χ0v) is 21.6. The molecule has 2 aromatic heterocycles. The molecular formula is C30H30FN7O. The molecule has 3 heterocycles. The van der Waals surface area contributed by atoms with Crippen molar-refractivity contribution in [1.82, 2.24) is 24.6 Å². The third-order valence-corrected chi connectivity index (χ3v) is 6.98. The Kier molecular flexibility index (Phi) is 7.05. The van der Waals surface area contributed by atoms with Crippen LogP contribution in [0.1, 0.15) is 5.56 Å². The van der Waals surface area contributed by atoms with E-state index in [9.17, 15) is 4.39 Å². The number of rotatable bonds is 8. The number of nitrogens with two attached hydrogens (primary N) is 1. The minimum Gasteiger partial charge on any atom is -0.492 e. The number of para-hydroxylation sites is 1. The average molecular weight is 524 g/mol. The summed E-state index contributed by atoms with van der Waals surface area (Å²) in [6, 6.07) is 26.3. The van der Waals surface area contributed by atoms with E-state index in [1.165, 1.54) is 12.1 Å². The van der Waals surface area contributed by atoms with Gasteiger partial charge in [0.1, 0.15) is 24.0 Å². The van der Waals surface area contributed by atoms with Crippen LogP contribution in [-0.4, -0.2) is 64.0 Å². The largest absolute Gasteiger partial charge is 0.492 e. The van der Waals surface area contributed by atoms with Crippen LogP contribution in [0.25, 0.3) is 22.3 Å². The predicted octanol–water partition coefficient (Wildman–Crippen LogP) is 4.46. The van der Waals surface area contributed by atoms with Gasteiger partial charge in [0.05, 0.1) is 17.6 Å². The molecule has 1 fully saturated rings. The van der Waals surface area contributed by atoms with Crippen molar-refractivity contribution in [1.29, 1.82) is 0 Å². The maximum Gasteiger partial charge on any atom is 0.228 e. The minimum atomic E-state index is -0.331. The Morgan fingerprint density at radius 3 is 2.33 bits per heavy atom. The van der Waals surface area contributed by atoms with Crippen LogP contribution in [0.15, 0.2) is 84.9 Å². The van der Waals surface area contributed by atoms with Crippen molar-refractivity contribution in [2.45, 2.75) is 6.54 Å². The maximum atomic E-state index is 14.2. The van der Waals surface area contributed by atoms with E-state index in [0.29, 0.717) is 47.2 Å². The van der Waals surface area contributed by atoms with E-state index in [0.717, 1.165) is 44.0 Å². The molecule has 6 rings (SSSR count). The number of hydrogen-bond donors (Lipinski definition) is 1. The van der Waals surface area contributed by atoms with Gasteiger partial charge in [-0.15, -0.1) is 5.10 Å². The molecule has 0 bridgehead atoms. The molecule has 0 saturated carbocycles. The Morgan fingerprint density at radius 1 is 0.846 bits per heavy atom. The Hall–Kier alpha value is -4.50. The lowest BCUT2D eigenvalue weighted by molar-refractivity contribution is 0.200. The molecule has 1 aliphatic rings. The molecular weight excluding hydrogens is 493 g/mol. The zero-order chi connectivity index (χ0) is 26.6. The number of benzene rings is 3. The lowest BCUT2D eigenvalue weighted by atomic mass is 10.1. The number of piperazine rings is 1. The number of fused-ring (bicyclic) bond motifs is 1. The average Bonchev–Trinajstić information content (AvgIpc) is 3.28. The molecule has 0 amide bonds. The fourth-order valence-electron chi connectivity index (χ4n) is 4.89. The van der Waals surface area contributed by atoms with Gasteiger partial charge >= 0.3 is 0 Å². The molecule has 5 aromatic rings. The third-order valence-electron chi connectivity index (χ3n) is 6.98. The van der Waals surface area contributed by atoms with Crippen LogP contribution in [0.4, 0.5) is 16.2 Å². The monoisotopic (exact) mass is 523 g/mol. The first-order valence-corrected chi connectivity index (χ1v) is 13.1. The number of nitrogens with zero attached hydrogens (tertiary/aromatic N) is 6. The Bertz CT molecular complexity index is 1550. The second-order valence-electron chi connectivity index (χ2n) is 9.60. The van der Waals surface area contributed by atoms with E-state index < -0.39 is 0 Å². The normalized spacial score (nSPS) is 14.1. The van der Waals surface area contributed by atoms with Crippen molar-refractivity contribution in [2.24, 2.45) is 0 Å². The van der Waals surface area contributed by atoms with Crippen LogP contribution in [0.2, 0.25) is 0 Å². The van der Waals surface area contributed by atoms with Gasteiger partial charge in [-0.3, -0.25) is 4.90 Å². The molecule has 0 aliphatic carbocycles. The zero-order valence-electron chi connectivity index (χ0n) is 21.6. The van der Waals surface area contributed by atoms with Crippen molar-refractivity contribution in [2.75, 3.05) is 50.0 Å². The Morgan fingerprint density at radius 2 is 1.59 bits per heavy atom. The first-order chi connectivity index (χ1) is 19.1. The summed E-state index contributed by atoms with van der Waals surface area (Å²) in [6.07, 6.45) is 0. The highest BCUT2D eigenvalue weighted by Gasteiger charge is 2.24. The van der Waals surface area contributed by atoms with Gasteiger partial charge in [-0.1, -0.05) is 60.7 Å². The van der Waals surface area contributed by atoms with E-state index in [4.69, 9.17) is 25.5 Å². The Labute approximate surface area is 226 Å². The molecule has 1 aliphatic heterocycles. The van der Waals surface area contributed by atoms with E-state index in [-0.39, 0.29) is 5.82 Å². The van der Waals surface area contributed by atoms with Crippen molar-refractivity contribution in [3.05, 3.63) is 96.3 Å². The number of halogens is 1. The lowest BCUT2D eigenvalue weighted by Gasteiger charge is -2.34. The Balaban J connectivity index is 1.24. The molecule has 1 saturated heterocycles. The van der Waals surface area contributed by atoms with E-state index in [1.807, 2.05) is 66.7 Å². The molecule has 198 valence electrons. The second-order valence-corrected chi connectivity index (χ2v) is 9.60. The van der Waals surface area contributed by atoms with Crippen LogP contribution in [0, 0.1) is 5.82 Å². The summed E-state index contributed by atoms with van der Waals surface area (Å²) in [5, 5.41) is 5.39. The highest BCUT2D eigenvalue weighted by Crippen LogP contribution is 2.33. The van der Waals surface area contributed by atoms with Crippen LogP contribution in [0.3, 0.4) is 0 Å². The third kappa shape index (κ3) is 5.53. The number of anilines is 2. The van der Waals surface area contributed by atoms with Crippen LogP contribution in [-0.2, 0) is 6.54 Å². The lowest BCUT2D eigenvalue weighted by Crippen LogP contribution is -2.48. The molecule has 0 radical (unpaired) electrons. The van der Waals surface area contributed by atoms with Gasteiger partial charge in [-0.25, -0.2) is 14.1 Å². The summed E-state index contributed by atoms with van der Waals surface area (Å²) < 4.78 is 21.8. The molecule has 2 N–H and O–H groups in total. The van der Waals surface area contributed by atoms with Crippen molar-refractivity contribution < 1.29 is 9.13 Å². The minimum absolute atomic E-state index is 0.331. The van der Waals surface area contributed by atoms with Gasteiger partial charge in [-0.2, -0.15) is 4.98 Å². The number of aromatic nitrogens is 4. The predicted molar refractivity (Wildman–Crippen MR) is 151 cm³/mol. The molecule has 0 atom stereocenters. The van der Waals surface area contributed by atoms with Gasteiger partial charge in [-0.05, 0) is 29.8 Å².